The van der Waals surface area contributed by atoms with E-state index >= 15 is 0 Å². The van der Waals surface area contributed by atoms with Gasteiger partial charge in [-0.3, -0.25) is 4.99 Å². The molecule has 0 aliphatic heterocycles. The largest absolute Gasteiger partial charge is 0.318 e. The van der Waals surface area contributed by atoms with E-state index in [0.717, 1.165) is 22.6 Å². The molecule has 0 unspecified atom stereocenters. The van der Waals surface area contributed by atoms with Gasteiger partial charge in [0.2, 0.25) is 0 Å². The van der Waals surface area contributed by atoms with Crippen molar-refractivity contribution in [2.75, 3.05) is 0 Å². The zero-order valence-corrected chi connectivity index (χ0v) is 13.5. The summed E-state index contributed by atoms with van der Waals surface area (Å²) in [6, 6.07) is 16.8. The van der Waals surface area contributed by atoms with Gasteiger partial charge in [0.15, 0.2) is 0 Å². The molecule has 0 amide bonds. The molecule has 3 heteroatoms. The molecule has 0 saturated carbocycles. The summed E-state index contributed by atoms with van der Waals surface area (Å²) in [6.45, 7) is 6.24. The van der Waals surface area contributed by atoms with Crippen molar-refractivity contribution < 1.29 is 4.39 Å². The molecule has 1 aromatic heterocycles. The Hall–Kier alpha value is -2.68. The number of aliphatic imine (C=N–C) groups is 1. The summed E-state index contributed by atoms with van der Waals surface area (Å²) in [5.74, 6) is -0.273. The van der Waals surface area contributed by atoms with Gasteiger partial charge in [-0.25, -0.2) is 4.39 Å². The zero-order chi connectivity index (χ0) is 16.4. The average molecular weight is 306 g/mol. The van der Waals surface area contributed by atoms with Gasteiger partial charge >= 0.3 is 0 Å². The van der Waals surface area contributed by atoms with Crippen LogP contribution < -0.4 is 0 Å². The van der Waals surface area contributed by atoms with Crippen molar-refractivity contribution in [2.24, 2.45) is 4.99 Å². The number of aryl methyl sites for hydroxylation is 2. The molecule has 2 nitrogen and oxygen atoms in total. The smallest absolute Gasteiger partial charge is 0.125 e. The maximum Gasteiger partial charge on any atom is 0.125 e. The predicted octanol–water partition coefficient (Wildman–Crippen LogP) is 5.29. The van der Waals surface area contributed by atoms with Crippen LogP contribution in [0.15, 0.2) is 59.6 Å². The van der Waals surface area contributed by atoms with Crippen molar-refractivity contribution in [1.29, 1.82) is 0 Å². The Kier molecular flexibility index (Phi) is 4.11. The van der Waals surface area contributed by atoms with Crippen molar-refractivity contribution in [3.63, 3.8) is 0 Å². The monoisotopic (exact) mass is 306 g/mol. The summed E-state index contributed by atoms with van der Waals surface area (Å²) in [6.07, 6.45) is 1.80. The fraction of sp³-hybridized carbons (Fsp3) is 0.150. The third-order valence-corrected chi connectivity index (χ3v) is 3.89. The van der Waals surface area contributed by atoms with Gasteiger partial charge in [-0.1, -0.05) is 18.2 Å². The predicted molar refractivity (Wildman–Crippen MR) is 93.6 cm³/mol. The van der Waals surface area contributed by atoms with Gasteiger partial charge < -0.3 is 4.57 Å². The molecule has 0 N–H and O–H groups in total. The molecule has 2 aromatic carbocycles. The van der Waals surface area contributed by atoms with E-state index in [1.807, 2.05) is 0 Å². The number of hydrogen-bond acceptors (Lipinski definition) is 1. The van der Waals surface area contributed by atoms with E-state index in [1.54, 1.807) is 18.3 Å². The van der Waals surface area contributed by atoms with Crippen LogP contribution >= 0.6 is 0 Å². The van der Waals surface area contributed by atoms with Crippen LogP contribution in [0, 0.1) is 26.6 Å². The first-order valence-electron chi connectivity index (χ1n) is 7.60. The van der Waals surface area contributed by atoms with Crippen LogP contribution in [0.2, 0.25) is 0 Å². The fourth-order valence-electron chi connectivity index (χ4n) is 2.78. The van der Waals surface area contributed by atoms with Crippen molar-refractivity contribution in [2.45, 2.75) is 20.8 Å². The van der Waals surface area contributed by atoms with Crippen LogP contribution in [0.25, 0.3) is 5.69 Å². The van der Waals surface area contributed by atoms with Gasteiger partial charge in [-0.05, 0) is 62.7 Å². The van der Waals surface area contributed by atoms with Crippen molar-refractivity contribution in [3.8, 4) is 5.69 Å². The Bertz CT molecular complexity index is 875. The van der Waals surface area contributed by atoms with E-state index in [9.17, 15) is 4.39 Å². The molecule has 1 heterocycles. The van der Waals surface area contributed by atoms with Crippen LogP contribution in [0.3, 0.4) is 0 Å². The summed E-state index contributed by atoms with van der Waals surface area (Å²) < 4.78 is 15.4. The second kappa shape index (κ2) is 6.21. The standard InChI is InChI=1S/C20H19FN2/c1-14-6-4-9-20(10-14)23-15(2)11-17(16(23)3)13-22-19-8-5-7-18(21)12-19/h4-13H,1-3H3. The number of aromatic nitrogens is 1. The Morgan fingerprint density at radius 1 is 0.957 bits per heavy atom. The summed E-state index contributed by atoms with van der Waals surface area (Å²) >= 11 is 0. The van der Waals surface area contributed by atoms with Crippen molar-refractivity contribution in [1.82, 2.24) is 4.57 Å². The SMILES string of the molecule is Cc1cccc(-n2c(C)cc(C=Nc3cccc(F)c3)c2C)c1. The second-order valence-corrected chi connectivity index (χ2v) is 5.74. The Balaban J connectivity index is 1.98. The normalized spacial score (nSPS) is 11.3. The van der Waals surface area contributed by atoms with Gasteiger partial charge in [-0.2, -0.15) is 0 Å². The molecule has 3 rings (SSSR count). The number of hydrogen-bond donors (Lipinski definition) is 0. The summed E-state index contributed by atoms with van der Waals surface area (Å²) in [4.78, 5) is 4.39. The molecule has 0 bridgehead atoms. The third-order valence-electron chi connectivity index (χ3n) is 3.89. The third kappa shape index (κ3) is 3.24. The first-order valence-corrected chi connectivity index (χ1v) is 7.60. The lowest BCUT2D eigenvalue weighted by Gasteiger charge is -2.10. The van der Waals surface area contributed by atoms with E-state index in [1.165, 1.54) is 17.7 Å². The highest BCUT2D eigenvalue weighted by Gasteiger charge is 2.09. The average Bonchev–Trinajstić information content (AvgIpc) is 2.79. The maximum atomic E-state index is 13.2. The van der Waals surface area contributed by atoms with Crippen molar-refractivity contribution in [3.05, 3.63) is 82.9 Å². The van der Waals surface area contributed by atoms with Gasteiger partial charge in [0.25, 0.3) is 0 Å². The van der Waals surface area contributed by atoms with E-state index in [4.69, 9.17) is 0 Å². The Morgan fingerprint density at radius 3 is 2.48 bits per heavy atom. The molecule has 0 aliphatic carbocycles. The first-order chi connectivity index (χ1) is 11.0. The Morgan fingerprint density at radius 2 is 1.74 bits per heavy atom. The molecule has 116 valence electrons. The van der Waals surface area contributed by atoms with Crippen LogP contribution in [0.1, 0.15) is 22.5 Å². The number of rotatable bonds is 3. The summed E-state index contributed by atoms with van der Waals surface area (Å²) in [5.41, 5.74) is 6.29. The highest BCUT2D eigenvalue weighted by molar-refractivity contribution is 5.84. The minimum atomic E-state index is -0.273. The maximum absolute atomic E-state index is 13.2. The molecule has 0 saturated heterocycles. The minimum Gasteiger partial charge on any atom is -0.318 e. The molecule has 0 aliphatic rings. The lowest BCUT2D eigenvalue weighted by Crippen LogP contribution is -1.99. The topological polar surface area (TPSA) is 17.3 Å². The minimum absolute atomic E-state index is 0.273. The number of benzene rings is 2. The lowest BCUT2D eigenvalue weighted by molar-refractivity contribution is 0.628. The molecular formula is C20H19FN2. The fourth-order valence-corrected chi connectivity index (χ4v) is 2.78. The number of halogens is 1. The summed E-state index contributed by atoms with van der Waals surface area (Å²) in [7, 11) is 0. The van der Waals surface area contributed by atoms with Gasteiger partial charge in [0.1, 0.15) is 5.82 Å². The lowest BCUT2D eigenvalue weighted by atomic mass is 10.2. The van der Waals surface area contributed by atoms with E-state index in [0.29, 0.717) is 5.69 Å². The second-order valence-electron chi connectivity index (χ2n) is 5.74. The molecular weight excluding hydrogens is 287 g/mol. The van der Waals surface area contributed by atoms with E-state index < -0.39 is 0 Å². The first kappa shape index (κ1) is 15.2. The quantitative estimate of drug-likeness (QED) is 0.585. The van der Waals surface area contributed by atoms with Gasteiger partial charge in [0.05, 0.1) is 5.69 Å². The van der Waals surface area contributed by atoms with Crippen LogP contribution in [0.5, 0.6) is 0 Å². The molecule has 23 heavy (non-hydrogen) atoms. The molecule has 3 aromatic rings. The molecule has 0 atom stereocenters. The van der Waals surface area contributed by atoms with E-state index in [2.05, 4.69) is 60.7 Å². The van der Waals surface area contributed by atoms with Crippen LogP contribution in [-0.2, 0) is 0 Å². The van der Waals surface area contributed by atoms with Crippen molar-refractivity contribution >= 4 is 11.9 Å². The van der Waals surface area contributed by atoms with Gasteiger partial charge in [0, 0.05) is 28.9 Å². The molecule has 0 radical (unpaired) electrons. The highest BCUT2D eigenvalue weighted by Crippen LogP contribution is 2.21. The number of nitrogens with zero attached hydrogens (tertiary/aromatic N) is 2. The molecule has 0 spiro atoms. The van der Waals surface area contributed by atoms with Gasteiger partial charge in [-0.15, -0.1) is 0 Å². The summed E-state index contributed by atoms with van der Waals surface area (Å²) in [5, 5.41) is 0. The van der Waals surface area contributed by atoms with Crippen LogP contribution in [-0.4, -0.2) is 10.8 Å². The van der Waals surface area contributed by atoms with E-state index in [-0.39, 0.29) is 5.82 Å². The highest BCUT2D eigenvalue weighted by atomic mass is 19.1. The Labute approximate surface area is 135 Å². The zero-order valence-electron chi connectivity index (χ0n) is 13.5. The van der Waals surface area contributed by atoms with Crippen LogP contribution in [0.4, 0.5) is 10.1 Å². The molecule has 0 fully saturated rings.